The highest BCUT2D eigenvalue weighted by molar-refractivity contribution is 5.73. The minimum absolute atomic E-state index is 0.259. The monoisotopic (exact) mass is 227 g/mol. The number of hydrogen-bond acceptors (Lipinski definition) is 3. The molecule has 0 aromatic heterocycles. The van der Waals surface area contributed by atoms with Crippen molar-refractivity contribution in [3.63, 3.8) is 0 Å². The summed E-state index contributed by atoms with van der Waals surface area (Å²) in [6, 6.07) is -0.259. The zero-order valence-corrected chi connectivity index (χ0v) is 9.89. The van der Waals surface area contributed by atoms with Crippen LogP contribution in [0.1, 0.15) is 25.7 Å². The molecule has 1 N–H and O–H groups in total. The maximum Gasteiger partial charge on any atom is 0.320 e. The number of ether oxygens (including phenoxy) is 1. The molecule has 4 heteroatoms. The van der Waals surface area contributed by atoms with Crippen molar-refractivity contribution in [1.82, 2.24) is 4.90 Å². The Morgan fingerprint density at radius 2 is 2.06 bits per heavy atom. The molecule has 0 saturated carbocycles. The lowest BCUT2D eigenvalue weighted by Crippen LogP contribution is -2.32. The van der Waals surface area contributed by atoms with Gasteiger partial charge in [-0.25, -0.2) is 0 Å². The van der Waals surface area contributed by atoms with Gasteiger partial charge in [-0.15, -0.1) is 0 Å². The van der Waals surface area contributed by atoms with Crippen molar-refractivity contribution >= 4 is 5.97 Å². The van der Waals surface area contributed by atoms with Crippen molar-refractivity contribution < 1.29 is 14.6 Å². The molecular formula is C12H21NO3. The average molecular weight is 227 g/mol. The summed E-state index contributed by atoms with van der Waals surface area (Å²) < 4.78 is 5.34. The van der Waals surface area contributed by atoms with E-state index in [2.05, 4.69) is 0 Å². The first-order valence-corrected chi connectivity index (χ1v) is 6.17. The van der Waals surface area contributed by atoms with Gasteiger partial charge in [0.1, 0.15) is 6.04 Å². The van der Waals surface area contributed by atoms with Crippen LogP contribution in [0.25, 0.3) is 0 Å². The number of carboxylic acid groups (broad SMARTS) is 1. The van der Waals surface area contributed by atoms with Gasteiger partial charge in [0.05, 0.1) is 0 Å². The van der Waals surface area contributed by atoms with Crippen molar-refractivity contribution in [2.24, 2.45) is 11.8 Å². The Kier molecular flexibility index (Phi) is 3.82. The molecule has 2 atom stereocenters. The van der Waals surface area contributed by atoms with Gasteiger partial charge in [0.25, 0.3) is 0 Å². The molecule has 0 spiro atoms. The van der Waals surface area contributed by atoms with Crippen LogP contribution in [0, 0.1) is 11.8 Å². The Hall–Kier alpha value is -0.610. The van der Waals surface area contributed by atoms with Crippen molar-refractivity contribution in [2.45, 2.75) is 31.7 Å². The van der Waals surface area contributed by atoms with Crippen molar-refractivity contribution in [2.75, 3.05) is 26.8 Å². The number of carboxylic acids is 1. The Bertz CT molecular complexity index is 251. The summed E-state index contributed by atoms with van der Waals surface area (Å²) in [6.45, 7) is 2.71. The van der Waals surface area contributed by atoms with Gasteiger partial charge in [-0.3, -0.25) is 9.69 Å². The predicted octanol–water partition coefficient (Wildman–Crippen LogP) is 1.21. The Morgan fingerprint density at radius 1 is 1.38 bits per heavy atom. The first kappa shape index (κ1) is 11.9. The van der Waals surface area contributed by atoms with E-state index < -0.39 is 5.97 Å². The minimum atomic E-state index is -0.669. The van der Waals surface area contributed by atoms with Crippen LogP contribution in [0.5, 0.6) is 0 Å². The van der Waals surface area contributed by atoms with Gasteiger partial charge in [-0.2, -0.15) is 0 Å². The van der Waals surface area contributed by atoms with Crippen LogP contribution in [0.4, 0.5) is 0 Å². The maximum atomic E-state index is 11.0. The molecule has 0 aliphatic carbocycles. The van der Waals surface area contributed by atoms with Crippen LogP contribution in [0.15, 0.2) is 0 Å². The second-order valence-electron chi connectivity index (χ2n) is 5.19. The van der Waals surface area contributed by atoms with Gasteiger partial charge >= 0.3 is 5.97 Å². The number of nitrogens with zero attached hydrogens (tertiary/aromatic N) is 1. The van der Waals surface area contributed by atoms with Gasteiger partial charge in [0, 0.05) is 19.8 Å². The summed E-state index contributed by atoms with van der Waals surface area (Å²) >= 11 is 0. The van der Waals surface area contributed by atoms with Gasteiger partial charge in [-0.1, -0.05) is 0 Å². The molecule has 92 valence electrons. The molecule has 0 aromatic rings. The van der Waals surface area contributed by atoms with Crippen LogP contribution < -0.4 is 0 Å². The van der Waals surface area contributed by atoms with E-state index >= 15 is 0 Å². The van der Waals surface area contributed by atoms with Crippen molar-refractivity contribution in [3.05, 3.63) is 0 Å². The lowest BCUT2D eigenvalue weighted by atomic mass is 9.88. The minimum Gasteiger partial charge on any atom is -0.480 e. The number of likely N-dealkylation sites (tertiary alicyclic amines) is 1. The van der Waals surface area contributed by atoms with E-state index in [1.165, 1.54) is 6.42 Å². The molecule has 0 aromatic carbocycles. The number of likely N-dealkylation sites (N-methyl/N-ethyl adjacent to an activating group) is 1. The molecule has 2 rings (SSSR count). The summed E-state index contributed by atoms with van der Waals surface area (Å²) in [5.74, 6) is 0.644. The van der Waals surface area contributed by atoms with Crippen LogP contribution >= 0.6 is 0 Å². The molecule has 2 fully saturated rings. The second-order valence-corrected chi connectivity index (χ2v) is 5.19. The molecule has 0 amide bonds. The van der Waals surface area contributed by atoms with E-state index in [9.17, 15) is 4.79 Å². The van der Waals surface area contributed by atoms with E-state index in [-0.39, 0.29) is 6.04 Å². The van der Waals surface area contributed by atoms with Crippen LogP contribution in [-0.2, 0) is 9.53 Å². The number of rotatable bonds is 3. The normalized spacial score (nSPS) is 33.1. The first-order valence-electron chi connectivity index (χ1n) is 6.17. The molecule has 4 nitrogen and oxygen atoms in total. The average Bonchev–Trinajstić information content (AvgIpc) is 2.61. The molecule has 1 unspecified atom stereocenters. The highest BCUT2D eigenvalue weighted by atomic mass is 16.5. The third-order valence-electron chi connectivity index (χ3n) is 3.93. The lowest BCUT2D eigenvalue weighted by molar-refractivity contribution is -0.141. The van der Waals surface area contributed by atoms with Crippen LogP contribution in [0.2, 0.25) is 0 Å². The summed E-state index contributed by atoms with van der Waals surface area (Å²) in [5.41, 5.74) is 0. The standard InChI is InChI=1S/C12H21NO3/c1-13-8-10(7-11(13)12(14)15)6-9-2-4-16-5-3-9/h9-11H,2-8H2,1H3,(H,14,15)/t10?,11-/m0/s1. The van der Waals surface area contributed by atoms with Crippen LogP contribution in [0.3, 0.4) is 0 Å². The van der Waals surface area contributed by atoms with Gasteiger partial charge < -0.3 is 9.84 Å². The SMILES string of the molecule is CN1CC(CC2CCOCC2)C[C@H]1C(=O)O. The van der Waals surface area contributed by atoms with Gasteiger partial charge in [0.2, 0.25) is 0 Å². The smallest absolute Gasteiger partial charge is 0.320 e. The Balaban J connectivity index is 1.81. The van der Waals surface area contributed by atoms with Crippen molar-refractivity contribution in [1.29, 1.82) is 0 Å². The predicted molar refractivity (Wildman–Crippen MR) is 60.3 cm³/mol. The topological polar surface area (TPSA) is 49.8 Å². The number of hydrogen-bond donors (Lipinski definition) is 1. The van der Waals surface area contributed by atoms with E-state index in [0.717, 1.165) is 44.9 Å². The summed E-state index contributed by atoms with van der Waals surface area (Å²) in [4.78, 5) is 13.0. The third-order valence-corrected chi connectivity index (χ3v) is 3.93. The van der Waals surface area contributed by atoms with E-state index in [1.54, 1.807) is 0 Å². The van der Waals surface area contributed by atoms with Crippen LogP contribution in [-0.4, -0.2) is 48.8 Å². The fourth-order valence-corrected chi connectivity index (χ4v) is 3.02. The molecular weight excluding hydrogens is 206 g/mol. The zero-order chi connectivity index (χ0) is 11.5. The molecule has 2 saturated heterocycles. The molecule has 0 bridgehead atoms. The quantitative estimate of drug-likeness (QED) is 0.787. The molecule has 16 heavy (non-hydrogen) atoms. The molecule has 2 heterocycles. The molecule has 0 radical (unpaired) electrons. The van der Waals surface area contributed by atoms with Gasteiger partial charge in [-0.05, 0) is 44.6 Å². The highest BCUT2D eigenvalue weighted by Gasteiger charge is 2.35. The number of aliphatic carboxylic acids is 1. The van der Waals surface area contributed by atoms with E-state index in [4.69, 9.17) is 9.84 Å². The Labute approximate surface area is 96.6 Å². The number of carbonyl (C=O) groups is 1. The maximum absolute atomic E-state index is 11.0. The highest BCUT2D eigenvalue weighted by Crippen LogP contribution is 2.31. The second kappa shape index (κ2) is 5.15. The third kappa shape index (κ3) is 2.74. The summed E-state index contributed by atoms with van der Waals surface area (Å²) in [7, 11) is 1.92. The lowest BCUT2D eigenvalue weighted by Gasteiger charge is -2.24. The summed E-state index contributed by atoms with van der Waals surface area (Å²) in [5, 5.41) is 9.05. The summed E-state index contributed by atoms with van der Waals surface area (Å²) in [6.07, 6.45) is 4.30. The Morgan fingerprint density at radius 3 is 2.62 bits per heavy atom. The first-order chi connectivity index (χ1) is 7.66. The largest absolute Gasteiger partial charge is 0.480 e. The van der Waals surface area contributed by atoms with E-state index in [1.807, 2.05) is 11.9 Å². The fraction of sp³-hybridized carbons (Fsp3) is 0.917. The van der Waals surface area contributed by atoms with E-state index in [0.29, 0.717) is 5.92 Å². The van der Waals surface area contributed by atoms with Gasteiger partial charge in [0.15, 0.2) is 0 Å². The van der Waals surface area contributed by atoms with Crippen molar-refractivity contribution in [3.8, 4) is 0 Å². The zero-order valence-electron chi connectivity index (χ0n) is 9.89. The molecule has 2 aliphatic rings. The fourth-order valence-electron chi connectivity index (χ4n) is 3.02. The molecule has 2 aliphatic heterocycles.